The SMILES string of the molecule is CC1CC(=O)N(CC(CBr)C(C)(C)C)C(=O)C1. The van der Waals surface area contributed by atoms with Crippen molar-refractivity contribution in [3.8, 4) is 0 Å². The van der Waals surface area contributed by atoms with E-state index in [1.54, 1.807) is 0 Å². The topological polar surface area (TPSA) is 37.4 Å². The molecule has 0 aromatic heterocycles. The molecule has 1 fully saturated rings. The summed E-state index contributed by atoms with van der Waals surface area (Å²) in [4.78, 5) is 25.2. The van der Waals surface area contributed by atoms with Crippen molar-refractivity contribution in [1.29, 1.82) is 0 Å². The first-order chi connectivity index (χ1) is 7.75. The molecule has 1 aliphatic rings. The molecule has 0 aromatic rings. The predicted molar refractivity (Wildman–Crippen MR) is 71.9 cm³/mol. The number of rotatable bonds is 3. The molecular formula is C13H22BrNO2. The molecule has 1 saturated heterocycles. The summed E-state index contributed by atoms with van der Waals surface area (Å²) in [6.07, 6.45) is 1.01. The smallest absolute Gasteiger partial charge is 0.229 e. The van der Waals surface area contributed by atoms with Crippen molar-refractivity contribution in [2.75, 3.05) is 11.9 Å². The molecule has 0 bridgehead atoms. The van der Waals surface area contributed by atoms with E-state index in [0.29, 0.717) is 25.3 Å². The maximum absolute atomic E-state index is 11.9. The first-order valence-electron chi connectivity index (χ1n) is 6.15. The fourth-order valence-corrected chi connectivity index (χ4v) is 3.18. The molecule has 0 aliphatic carbocycles. The van der Waals surface area contributed by atoms with Gasteiger partial charge in [-0.2, -0.15) is 0 Å². The van der Waals surface area contributed by atoms with Crippen molar-refractivity contribution in [3.05, 3.63) is 0 Å². The molecular weight excluding hydrogens is 282 g/mol. The molecule has 0 N–H and O–H groups in total. The van der Waals surface area contributed by atoms with Crippen molar-refractivity contribution < 1.29 is 9.59 Å². The highest BCUT2D eigenvalue weighted by molar-refractivity contribution is 9.09. The van der Waals surface area contributed by atoms with Gasteiger partial charge in [0.2, 0.25) is 11.8 Å². The predicted octanol–water partition coefficient (Wildman–Crippen LogP) is 2.83. The Balaban J connectivity index is 2.73. The molecule has 4 heteroatoms. The molecule has 17 heavy (non-hydrogen) atoms. The van der Waals surface area contributed by atoms with Crippen LogP contribution in [-0.2, 0) is 9.59 Å². The van der Waals surface area contributed by atoms with Crippen LogP contribution >= 0.6 is 15.9 Å². The number of carbonyl (C=O) groups is 2. The van der Waals surface area contributed by atoms with E-state index >= 15 is 0 Å². The molecule has 1 unspecified atom stereocenters. The second-order valence-electron chi connectivity index (χ2n) is 6.13. The molecule has 98 valence electrons. The first kappa shape index (κ1) is 14.7. The number of alkyl halides is 1. The Morgan fingerprint density at radius 1 is 1.29 bits per heavy atom. The normalized spacial score (nSPS) is 20.9. The van der Waals surface area contributed by atoms with Crippen molar-refractivity contribution in [2.45, 2.75) is 40.5 Å². The van der Waals surface area contributed by atoms with Crippen LogP contribution in [0, 0.1) is 17.3 Å². The number of amides is 2. The summed E-state index contributed by atoms with van der Waals surface area (Å²) in [6, 6.07) is 0. The molecule has 0 radical (unpaired) electrons. The van der Waals surface area contributed by atoms with Gasteiger partial charge in [-0.15, -0.1) is 0 Å². The number of hydrogen-bond donors (Lipinski definition) is 0. The lowest BCUT2D eigenvalue weighted by Crippen LogP contribution is -2.47. The minimum Gasteiger partial charge on any atom is -0.282 e. The highest BCUT2D eigenvalue weighted by Gasteiger charge is 2.34. The fourth-order valence-electron chi connectivity index (χ4n) is 2.01. The third-order valence-electron chi connectivity index (χ3n) is 3.46. The number of carbonyl (C=O) groups excluding carboxylic acids is 2. The van der Waals surface area contributed by atoms with Crippen LogP contribution in [-0.4, -0.2) is 28.6 Å². The number of nitrogens with zero attached hydrogens (tertiary/aromatic N) is 1. The van der Waals surface area contributed by atoms with E-state index in [9.17, 15) is 9.59 Å². The lowest BCUT2D eigenvalue weighted by Gasteiger charge is -2.36. The molecule has 1 rings (SSSR count). The molecule has 0 aromatic carbocycles. The third-order valence-corrected chi connectivity index (χ3v) is 4.24. The molecule has 3 nitrogen and oxygen atoms in total. The largest absolute Gasteiger partial charge is 0.282 e. The summed E-state index contributed by atoms with van der Waals surface area (Å²) in [6.45, 7) is 8.92. The van der Waals surface area contributed by atoms with Gasteiger partial charge in [0, 0.05) is 24.7 Å². The quantitative estimate of drug-likeness (QED) is 0.594. The Labute approximate surface area is 112 Å². The van der Waals surface area contributed by atoms with Gasteiger partial charge < -0.3 is 0 Å². The summed E-state index contributed by atoms with van der Waals surface area (Å²) in [5.74, 6) is 0.472. The molecule has 0 spiro atoms. The zero-order valence-corrected chi connectivity index (χ0v) is 12.7. The number of halogens is 1. The van der Waals surface area contributed by atoms with E-state index in [1.807, 2.05) is 6.92 Å². The fraction of sp³-hybridized carbons (Fsp3) is 0.846. The highest BCUT2D eigenvalue weighted by Crippen LogP contribution is 2.30. The molecule has 0 saturated carbocycles. The van der Waals surface area contributed by atoms with Gasteiger partial charge in [-0.3, -0.25) is 14.5 Å². The molecule has 2 amide bonds. The lowest BCUT2D eigenvalue weighted by atomic mass is 9.81. The van der Waals surface area contributed by atoms with E-state index in [0.717, 1.165) is 5.33 Å². The Kier molecular flexibility index (Phi) is 4.76. The van der Waals surface area contributed by atoms with Crippen molar-refractivity contribution in [3.63, 3.8) is 0 Å². The van der Waals surface area contributed by atoms with Gasteiger partial charge >= 0.3 is 0 Å². The average Bonchev–Trinajstić information content (AvgIpc) is 2.14. The zero-order chi connectivity index (χ0) is 13.2. The summed E-state index contributed by atoms with van der Waals surface area (Å²) in [5, 5.41) is 0.809. The first-order valence-corrected chi connectivity index (χ1v) is 7.27. The lowest BCUT2D eigenvalue weighted by molar-refractivity contribution is -0.150. The van der Waals surface area contributed by atoms with Crippen molar-refractivity contribution in [2.24, 2.45) is 17.3 Å². The van der Waals surface area contributed by atoms with Gasteiger partial charge in [0.1, 0.15) is 0 Å². The summed E-state index contributed by atoms with van der Waals surface area (Å²) in [5.41, 5.74) is 0.0904. The van der Waals surface area contributed by atoms with Gasteiger partial charge in [0.15, 0.2) is 0 Å². The monoisotopic (exact) mass is 303 g/mol. The van der Waals surface area contributed by atoms with E-state index in [-0.39, 0.29) is 23.1 Å². The van der Waals surface area contributed by atoms with Gasteiger partial charge in [0.25, 0.3) is 0 Å². The summed E-state index contributed by atoms with van der Waals surface area (Å²) >= 11 is 3.48. The van der Waals surface area contributed by atoms with Gasteiger partial charge in [-0.1, -0.05) is 43.6 Å². The second kappa shape index (κ2) is 5.51. The maximum atomic E-state index is 11.9. The summed E-state index contributed by atoms with van der Waals surface area (Å²) < 4.78 is 0. The third kappa shape index (κ3) is 3.80. The Bertz CT molecular complexity index is 291. The number of hydrogen-bond acceptors (Lipinski definition) is 2. The van der Waals surface area contributed by atoms with E-state index in [2.05, 4.69) is 36.7 Å². The van der Waals surface area contributed by atoms with Crippen LogP contribution in [0.15, 0.2) is 0 Å². The van der Waals surface area contributed by atoms with Crippen LogP contribution in [0.3, 0.4) is 0 Å². The Morgan fingerprint density at radius 2 is 1.76 bits per heavy atom. The molecule has 1 heterocycles. The van der Waals surface area contributed by atoms with Gasteiger partial charge in [-0.25, -0.2) is 0 Å². The number of imide groups is 1. The van der Waals surface area contributed by atoms with E-state index in [1.165, 1.54) is 4.90 Å². The van der Waals surface area contributed by atoms with Crippen molar-refractivity contribution in [1.82, 2.24) is 4.90 Å². The number of piperidine rings is 1. The molecule has 1 atom stereocenters. The van der Waals surface area contributed by atoms with Crippen molar-refractivity contribution >= 4 is 27.7 Å². The number of likely N-dealkylation sites (tertiary alicyclic amines) is 1. The maximum Gasteiger partial charge on any atom is 0.229 e. The van der Waals surface area contributed by atoms with Crippen LogP contribution in [0.2, 0.25) is 0 Å². The highest BCUT2D eigenvalue weighted by atomic mass is 79.9. The second-order valence-corrected chi connectivity index (χ2v) is 6.78. The standard InChI is InChI=1S/C13H22BrNO2/c1-9-5-11(16)15(12(17)6-9)8-10(7-14)13(2,3)4/h9-10H,5-8H2,1-4H3. The minimum absolute atomic E-state index is 0.0102. The van der Waals surface area contributed by atoms with E-state index in [4.69, 9.17) is 0 Å². The zero-order valence-electron chi connectivity index (χ0n) is 11.1. The Hall–Kier alpha value is -0.380. The van der Waals surface area contributed by atoms with Crippen LogP contribution < -0.4 is 0 Å². The van der Waals surface area contributed by atoms with Crippen LogP contribution in [0.4, 0.5) is 0 Å². The molecule has 1 aliphatic heterocycles. The van der Waals surface area contributed by atoms with Crippen LogP contribution in [0.25, 0.3) is 0 Å². The van der Waals surface area contributed by atoms with Crippen LogP contribution in [0.5, 0.6) is 0 Å². The van der Waals surface area contributed by atoms with E-state index < -0.39 is 0 Å². The Morgan fingerprint density at radius 3 is 2.12 bits per heavy atom. The minimum atomic E-state index is -0.0102. The van der Waals surface area contributed by atoms with Gasteiger partial charge in [0.05, 0.1) is 0 Å². The summed E-state index contributed by atoms with van der Waals surface area (Å²) in [7, 11) is 0. The van der Waals surface area contributed by atoms with Gasteiger partial charge in [-0.05, 0) is 17.3 Å². The average molecular weight is 304 g/mol. The van der Waals surface area contributed by atoms with Crippen LogP contribution in [0.1, 0.15) is 40.5 Å².